The van der Waals surface area contributed by atoms with Crippen molar-refractivity contribution in [2.75, 3.05) is 11.1 Å². The molecule has 188 valence electrons. The minimum atomic E-state index is -3.11. The average molecular weight is 529 g/mol. The molecule has 0 aliphatic heterocycles. The lowest BCUT2D eigenvalue weighted by atomic mass is 10.1. The normalized spacial score (nSPS) is 11.9. The van der Waals surface area contributed by atoms with Gasteiger partial charge in [-0.3, -0.25) is 14.2 Å². The zero-order valence-electron chi connectivity index (χ0n) is 18.8. The standard InChI is InChI=1S/C23H16ClF3N8O2/c1-9(31-20-14(8-28)17(18(26)27)33-23(30)34-20)21-32-16-13(6-11(25)7-15(16)24)22(37)35(21)12-4-2-3-10(5-12)19(29)36/h2-7,9,18H,1H3,(H2,29,36)(H3,30,31,33,34). The highest BCUT2D eigenvalue weighted by Crippen LogP contribution is 2.30. The molecule has 0 bridgehead atoms. The van der Waals surface area contributed by atoms with Crippen molar-refractivity contribution in [1.82, 2.24) is 19.5 Å². The Morgan fingerprint density at radius 3 is 2.59 bits per heavy atom. The fourth-order valence-corrected chi connectivity index (χ4v) is 3.96. The van der Waals surface area contributed by atoms with Gasteiger partial charge in [0.05, 0.1) is 27.7 Å². The van der Waals surface area contributed by atoms with Crippen LogP contribution in [0.15, 0.2) is 41.2 Å². The minimum Gasteiger partial charge on any atom is -0.368 e. The first kappa shape index (κ1) is 25.4. The fourth-order valence-electron chi connectivity index (χ4n) is 3.71. The average Bonchev–Trinajstić information content (AvgIpc) is 2.84. The highest BCUT2D eigenvalue weighted by Gasteiger charge is 2.25. The van der Waals surface area contributed by atoms with Crippen LogP contribution < -0.4 is 22.3 Å². The van der Waals surface area contributed by atoms with Crippen LogP contribution in [-0.4, -0.2) is 25.4 Å². The molecule has 4 rings (SSSR count). The molecule has 0 saturated heterocycles. The van der Waals surface area contributed by atoms with Gasteiger partial charge in [-0.15, -0.1) is 0 Å². The molecule has 14 heteroatoms. The van der Waals surface area contributed by atoms with E-state index < -0.39 is 47.0 Å². The molecule has 1 unspecified atom stereocenters. The van der Waals surface area contributed by atoms with E-state index in [2.05, 4.69) is 20.3 Å². The molecule has 0 aliphatic carbocycles. The van der Waals surface area contributed by atoms with Gasteiger partial charge in [0.1, 0.15) is 29.0 Å². The molecule has 0 aliphatic rings. The van der Waals surface area contributed by atoms with Crippen LogP contribution in [0.2, 0.25) is 5.02 Å². The van der Waals surface area contributed by atoms with E-state index in [1.54, 1.807) is 6.07 Å². The number of nitrogen functional groups attached to an aromatic ring is 1. The highest BCUT2D eigenvalue weighted by atomic mass is 35.5. The van der Waals surface area contributed by atoms with Crippen molar-refractivity contribution in [3.05, 3.63) is 80.2 Å². The number of nitrogens with two attached hydrogens (primary N) is 2. The number of carbonyl (C=O) groups excluding carboxylic acids is 1. The first-order chi connectivity index (χ1) is 17.5. The SMILES string of the molecule is CC(Nc1nc(N)nc(C(F)F)c1C#N)c1nc2c(Cl)cc(F)cc2c(=O)n1-c1cccc(C(N)=O)c1. The zero-order valence-corrected chi connectivity index (χ0v) is 19.6. The van der Waals surface area contributed by atoms with Gasteiger partial charge in [-0.2, -0.15) is 10.2 Å². The molecule has 2 aromatic heterocycles. The summed E-state index contributed by atoms with van der Waals surface area (Å²) in [4.78, 5) is 37.0. The van der Waals surface area contributed by atoms with E-state index in [1.165, 1.54) is 31.2 Å². The molecule has 10 nitrogen and oxygen atoms in total. The zero-order chi connectivity index (χ0) is 27.0. The second-order valence-corrected chi connectivity index (χ2v) is 8.19. The van der Waals surface area contributed by atoms with E-state index in [-0.39, 0.29) is 38.8 Å². The van der Waals surface area contributed by atoms with Crippen molar-refractivity contribution in [2.24, 2.45) is 5.73 Å². The van der Waals surface area contributed by atoms with Crippen molar-refractivity contribution in [3.63, 3.8) is 0 Å². The lowest BCUT2D eigenvalue weighted by Crippen LogP contribution is -2.28. The van der Waals surface area contributed by atoms with Crippen molar-refractivity contribution in [3.8, 4) is 11.8 Å². The van der Waals surface area contributed by atoms with Gasteiger partial charge < -0.3 is 16.8 Å². The van der Waals surface area contributed by atoms with Crippen LogP contribution >= 0.6 is 11.6 Å². The predicted molar refractivity (Wildman–Crippen MR) is 129 cm³/mol. The Bertz CT molecular complexity index is 1670. The maximum absolute atomic E-state index is 14.1. The van der Waals surface area contributed by atoms with Gasteiger partial charge in [-0.25, -0.2) is 23.1 Å². The third-order valence-corrected chi connectivity index (χ3v) is 5.61. The summed E-state index contributed by atoms with van der Waals surface area (Å²) in [5.41, 5.74) is 8.96. The van der Waals surface area contributed by atoms with Crippen LogP contribution in [-0.2, 0) is 0 Å². The largest absolute Gasteiger partial charge is 0.368 e. The van der Waals surface area contributed by atoms with Gasteiger partial charge in [0.15, 0.2) is 5.82 Å². The number of nitrogens with zero attached hydrogens (tertiary/aromatic N) is 5. The smallest absolute Gasteiger partial charge is 0.281 e. The van der Waals surface area contributed by atoms with E-state index >= 15 is 0 Å². The van der Waals surface area contributed by atoms with Gasteiger partial charge in [-0.1, -0.05) is 17.7 Å². The summed E-state index contributed by atoms with van der Waals surface area (Å²) in [5.74, 6) is -2.41. The molecule has 2 aromatic carbocycles. The van der Waals surface area contributed by atoms with Gasteiger partial charge in [-0.05, 0) is 37.3 Å². The van der Waals surface area contributed by atoms with Crippen LogP contribution in [0.25, 0.3) is 16.6 Å². The first-order valence-electron chi connectivity index (χ1n) is 10.5. The van der Waals surface area contributed by atoms with Crippen molar-refractivity contribution >= 4 is 40.2 Å². The van der Waals surface area contributed by atoms with E-state index in [0.29, 0.717) is 0 Å². The second kappa shape index (κ2) is 9.75. The minimum absolute atomic E-state index is 0.0324. The Balaban J connectivity index is 1.98. The molecule has 0 fully saturated rings. The van der Waals surface area contributed by atoms with Gasteiger partial charge in [0, 0.05) is 5.56 Å². The monoisotopic (exact) mass is 528 g/mol. The van der Waals surface area contributed by atoms with E-state index in [1.807, 2.05) is 0 Å². The maximum atomic E-state index is 14.1. The summed E-state index contributed by atoms with van der Waals surface area (Å²) in [5, 5.41) is 11.9. The van der Waals surface area contributed by atoms with Crippen LogP contribution in [0.5, 0.6) is 0 Å². The number of hydrogen-bond acceptors (Lipinski definition) is 8. The van der Waals surface area contributed by atoms with Crippen molar-refractivity contribution in [2.45, 2.75) is 19.4 Å². The molecule has 5 N–H and O–H groups in total. The van der Waals surface area contributed by atoms with Crippen LogP contribution in [0.1, 0.15) is 46.8 Å². The second-order valence-electron chi connectivity index (χ2n) is 7.78. The summed E-state index contributed by atoms with van der Waals surface area (Å²) in [6.07, 6.45) is -3.11. The lowest BCUT2D eigenvalue weighted by Gasteiger charge is -2.21. The number of carbonyl (C=O) groups is 1. The number of fused-ring (bicyclic) bond motifs is 1. The number of amides is 1. The third kappa shape index (κ3) is 4.74. The molecule has 2 heterocycles. The van der Waals surface area contributed by atoms with Crippen molar-refractivity contribution in [1.29, 1.82) is 5.26 Å². The number of primary amides is 1. The van der Waals surface area contributed by atoms with E-state index in [9.17, 15) is 28.0 Å². The Kier molecular flexibility index (Phi) is 6.69. The van der Waals surface area contributed by atoms with Gasteiger partial charge in [0.2, 0.25) is 11.9 Å². The highest BCUT2D eigenvalue weighted by molar-refractivity contribution is 6.35. The molecule has 1 amide bonds. The lowest BCUT2D eigenvalue weighted by molar-refractivity contribution is 0.1000. The van der Waals surface area contributed by atoms with Gasteiger partial charge in [0.25, 0.3) is 12.0 Å². The molecule has 37 heavy (non-hydrogen) atoms. The van der Waals surface area contributed by atoms with Crippen LogP contribution in [0.3, 0.4) is 0 Å². The predicted octanol–water partition coefficient (Wildman–Crippen LogP) is 3.63. The van der Waals surface area contributed by atoms with E-state index in [0.717, 1.165) is 16.7 Å². The Morgan fingerprint density at radius 2 is 1.95 bits per heavy atom. The number of aromatic nitrogens is 4. The Labute approximate surface area is 211 Å². The van der Waals surface area contributed by atoms with Gasteiger partial charge >= 0.3 is 0 Å². The molecule has 4 aromatic rings. The Morgan fingerprint density at radius 1 is 1.22 bits per heavy atom. The third-order valence-electron chi connectivity index (χ3n) is 5.32. The summed E-state index contributed by atoms with van der Waals surface area (Å²) in [7, 11) is 0. The molecule has 0 spiro atoms. The van der Waals surface area contributed by atoms with Crippen LogP contribution in [0, 0.1) is 17.1 Å². The number of alkyl halides is 2. The Hall–Kier alpha value is -4.70. The number of rotatable bonds is 6. The van der Waals surface area contributed by atoms with Crippen molar-refractivity contribution < 1.29 is 18.0 Å². The number of nitriles is 1. The molecule has 0 radical (unpaired) electrons. The summed E-state index contributed by atoms with van der Waals surface area (Å²) in [6, 6.07) is 8.27. The number of halogens is 4. The number of anilines is 2. The quantitative estimate of drug-likeness (QED) is 0.341. The maximum Gasteiger partial charge on any atom is 0.281 e. The summed E-state index contributed by atoms with van der Waals surface area (Å²) in [6.45, 7) is 1.50. The number of benzene rings is 2. The molecular formula is C23H16ClF3N8O2. The molecule has 0 saturated carbocycles. The van der Waals surface area contributed by atoms with Crippen LogP contribution in [0.4, 0.5) is 24.9 Å². The molecular weight excluding hydrogens is 513 g/mol. The number of hydrogen-bond donors (Lipinski definition) is 3. The first-order valence-corrected chi connectivity index (χ1v) is 10.8. The molecule has 1 atom stereocenters. The number of nitrogens with one attached hydrogen (secondary N) is 1. The summed E-state index contributed by atoms with van der Waals surface area (Å²) < 4.78 is 42.1. The topological polar surface area (TPSA) is 166 Å². The fraction of sp³-hybridized carbons (Fsp3) is 0.130. The summed E-state index contributed by atoms with van der Waals surface area (Å²) >= 11 is 6.16. The van der Waals surface area contributed by atoms with E-state index in [4.69, 9.17) is 23.1 Å².